The van der Waals surface area contributed by atoms with Crippen molar-refractivity contribution in [2.45, 2.75) is 5.92 Å². The summed E-state index contributed by atoms with van der Waals surface area (Å²) in [5, 5.41) is 0. The maximum absolute atomic E-state index is 13.7. The number of methoxy groups -OCH3 is 1. The van der Waals surface area contributed by atoms with Gasteiger partial charge in [-0.3, -0.25) is 14.5 Å². The number of carbonyl (C=O) groups excluding carboxylic acids is 2. The number of carbonyl (C=O) groups is 2. The summed E-state index contributed by atoms with van der Waals surface area (Å²) >= 11 is 0. The Hall–Kier alpha value is -3.08. The van der Waals surface area contributed by atoms with Crippen LogP contribution in [0.4, 0.5) is 0 Å². The van der Waals surface area contributed by atoms with E-state index in [1.54, 1.807) is 7.11 Å². The number of piperidine rings is 1. The molecule has 1 aliphatic rings. The van der Waals surface area contributed by atoms with Crippen molar-refractivity contribution in [3.8, 4) is 0 Å². The van der Waals surface area contributed by atoms with Crippen molar-refractivity contribution in [1.82, 2.24) is 4.90 Å². The van der Waals surface area contributed by atoms with Crippen molar-refractivity contribution in [2.75, 3.05) is 33.4 Å². The molecule has 0 spiro atoms. The van der Waals surface area contributed by atoms with E-state index in [1.165, 1.54) is 0 Å². The lowest BCUT2D eigenvalue weighted by atomic mass is 9.68. The van der Waals surface area contributed by atoms with E-state index in [-0.39, 0.29) is 29.3 Å². The van der Waals surface area contributed by atoms with Crippen LogP contribution in [0.3, 0.4) is 0 Å². The molecular formula is C28H29NO3. The first-order chi connectivity index (χ1) is 15.7. The largest absolute Gasteiger partial charge is 0.383 e. The van der Waals surface area contributed by atoms with Crippen molar-refractivity contribution in [1.29, 1.82) is 0 Å². The first-order valence-corrected chi connectivity index (χ1v) is 11.1. The van der Waals surface area contributed by atoms with Gasteiger partial charge >= 0.3 is 0 Å². The maximum atomic E-state index is 13.7. The second kappa shape index (κ2) is 10.5. The fourth-order valence-electron chi connectivity index (χ4n) is 4.81. The predicted molar refractivity (Wildman–Crippen MR) is 126 cm³/mol. The Balaban J connectivity index is 1.77. The van der Waals surface area contributed by atoms with E-state index in [1.807, 2.05) is 91.0 Å². The Morgan fingerprint density at radius 1 is 0.750 bits per heavy atom. The first kappa shape index (κ1) is 22.1. The molecule has 4 nitrogen and oxygen atoms in total. The van der Waals surface area contributed by atoms with Gasteiger partial charge in [-0.05, 0) is 5.56 Å². The Labute approximate surface area is 189 Å². The first-order valence-electron chi connectivity index (χ1n) is 11.1. The van der Waals surface area contributed by atoms with E-state index < -0.39 is 0 Å². The molecule has 3 aromatic carbocycles. The van der Waals surface area contributed by atoms with Crippen molar-refractivity contribution in [3.63, 3.8) is 0 Å². The lowest BCUT2D eigenvalue weighted by molar-refractivity contribution is 0.0498. The van der Waals surface area contributed by atoms with E-state index in [2.05, 4.69) is 4.90 Å². The summed E-state index contributed by atoms with van der Waals surface area (Å²) in [6, 6.07) is 28.9. The molecule has 1 aliphatic heterocycles. The van der Waals surface area contributed by atoms with Gasteiger partial charge in [0, 0.05) is 55.6 Å². The third-order valence-electron chi connectivity index (χ3n) is 6.36. The molecule has 0 N–H and O–H groups in total. The summed E-state index contributed by atoms with van der Waals surface area (Å²) in [5.41, 5.74) is 2.43. The normalized spacial score (nSPS) is 21.2. The highest BCUT2D eigenvalue weighted by molar-refractivity contribution is 6.02. The molecule has 164 valence electrons. The topological polar surface area (TPSA) is 46.6 Å². The van der Waals surface area contributed by atoms with E-state index in [9.17, 15) is 9.59 Å². The average molecular weight is 428 g/mol. The van der Waals surface area contributed by atoms with Gasteiger partial charge < -0.3 is 4.74 Å². The number of Topliss-reactive ketones (excluding diaryl/α,β-unsaturated/α-hetero) is 2. The van der Waals surface area contributed by atoms with Crippen molar-refractivity contribution < 1.29 is 14.3 Å². The lowest BCUT2D eigenvalue weighted by Gasteiger charge is -2.43. The number of ketones is 2. The number of rotatable bonds is 8. The van der Waals surface area contributed by atoms with Gasteiger partial charge in [-0.2, -0.15) is 0 Å². The molecule has 4 heteroatoms. The van der Waals surface area contributed by atoms with Crippen LogP contribution in [0, 0.1) is 11.8 Å². The van der Waals surface area contributed by atoms with E-state index in [0.29, 0.717) is 37.4 Å². The Bertz CT molecular complexity index is 959. The van der Waals surface area contributed by atoms with Gasteiger partial charge in [-0.1, -0.05) is 91.0 Å². The minimum Gasteiger partial charge on any atom is -0.383 e. The van der Waals surface area contributed by atoms with Crippen LogP contribution >= 0.6 is 0 Å². The minimum atomic E-state index is -0.317. The molecule has 3 atom stereocenters. The maximum Gasteiger partial charge on any atom is 0.167 e. The number of benzene rings is 3. The lowest BCUT2D eigenvalue weighted by Crippen LogP contribution is -2.51. The summed E-state index contributed by atoms with van der Waals surface area (Å²) in [4.78, 5) is 29.7. The van der Waals surface area contributed by atoms with Crippen molar-refractivity contribution in [2.24, 2.45) is 11.8 Å². The van der Waals surface area contributed by atoms with Gasteiger partial charge in [0.1, 0.15) is 0 Å². The summed E-state index contributed by atoms with van der Waals surface area (Å²) < 4.78 is 5.31. The predicted octanol–water partition coefficient (Wildman–Crippen LogP) is 4.73. The molecular weight excluding hydrogens is 398 g/mol. The van der Waals surface area contributed by atoms with Crippen LogP contribution in [0.25, 0.3) is 0 Å². The minimum absolute atomic E-state index is 0.0902. The van der Waals surface area contributed by atoms with E-state index in [4.69, 9.17) is 4.74 Å². The molecule has 1 unspecified atom stereocenters. The van der Waals surface area contributed by atoms with Gasteiger partial charge in [-0.25, -0.2) is 0 Å². The van der Waals surface area contributed by atoms with Crippen LogP contribution in [-0.4, -0.2) is 49.8 Å². The quantitative estimate of drug-likeness (QED) is 0.488. The smallest absolute Gasteiger partial charge is 0.167 e. The van der Waals surface area contributed by atoms with E-state index in [0.717, 1.165) is 5.56 Å². The number of ether oxygens (including phenoxy) is 1. The average Bonchev–Trinajstić information content (AvgIpc) is 2.87. The van der Waals surface area contributed by atoms with Gasteiger partial charge in [0.15, 0.2) is 11.6 Å². The number of hydrogen-bond acceptors (Lipinski definition) is 4. The number of nitrogens with zero attached hydrogens (tertiary/aromatic N) is 1. The molecule has 1 saturated heterocycles. The van der Waals surface area contributed by atoms with Crippen LogP contribution in [0.15, 0.2) is 91.0 Å². The number of likely N-dealkylation sites (tertiary alicyclic amines) is 1. The highest BCUT2D eigenvalue weighted by Crippen LogP contribution is 2.40. The van der Waals surface area contributed by atoms with E-state index >= 15 is 0 Å². The SMILES string of the molecule is COCCN1C[C@H](C(=O)c2ccccc2)C(c2ccccc2)[C@H](C(=O)c2ccccc2)C1. The van der Waals surface area contributed by atoms with Crippen LogP contribution < -0.4 is 0 Å². The van der Waals surface area contributed by atoms with Crippen LogP contribution in [0.1, 0.15) is 32.2 Å². The van der Waals surface area contributed by atoms with Gasteiger partial charge in [0.05, 0.1) is 6.61 Å². The summed E-state index contributed by atoms with van der Waals surface area (Å²) in [6.07, 6.45) is 0. The Morgan fingerprint density at radius 2 is 1.19 bits per heavy atom. The van der Waals surface area contributed by atoms with Crippen molar-refractivity contribution >= 4 is 11.6 Å². The molecule has 3 aromatic rings. The highest BCUT2D eigenvalue weighted by Gasteiger charge is 2.44. The zero-order valence-electron chi connectivity index (χ0n) is 18.4. The molecule has 0 radical (unpaired) electrons. The fourth-order valence-corrected chi connectivity index (χ4v) is 4.81. The summed E-state index contributed by atoms with van der Waals surface area (Å²) in [7, 11) is 1.68. The highest BCUT2D eigenvalue weighted by atomic mass is 16.5. The molecule has 4 rings (SSSR count). The third kappa shape index (κ3) is 4.87. The van der Waals surface area contributed by atoms with Gasteiger partial charge in [-0.15, -0.1) is 0 Å². The second-order valence-corrected chi connectivity index (χ2v) is 8.36. The van der Waals surface area contributed by atoms with Crippen LogP contribution in [0.2, 0.25) is 0 Å². The molecule has 0 amide bonds. The molecule has 0 saturated carbocycles. The van der Waals surface area contributed by atoms with Crippen LogP contribution in [0.5, 0.6) is 0 Å². The molecule has 1 heterocycles. The molecule has 32 heavy (non-hydrogen) atoms. The zero-order valence-corrected chi connectivity index (χ0v) is 18.4. The number of hydrogen-bond donors (Lipinski definition) is 0. The zero-order chi connectivity index (χ0) is 22.3. The van der Waals surface area contributed by atoms with Crippen molar-refractivity contribution in [3.05, 3.63) is 108 Å². The fraction of sp³-hybridized carbons (Fsp3) is 0.286. The molecule has 0 aliphatic carbocycles. The van der Waals surface area contributed by atoms with Gasteiger partial charge in [0.2, 0.25) is 0 Å². The standard InChI is InChI=1S/C28H29NO3/c1-32-18-17-29-19-24(27(30)22-13-7-3-8-14-22)26(21-11-5-2-6-12-21)25(20-29)28(31)23-15-9-4-10-16-23/h2-16,24-26H,17-20H2,1H3/t24-,25+,26?. The molecule has 0 aromatic heterocycles. The van der Waals surface area contributed by atoms with Gasteiger partial charge in [0.25, 0.3) is 0 Å². The monoisotopic (exact) mass is 427 g/mol. The third-order valence-corrected chi connectivity index (χ3v) is 6.36. The Morgan fingerprint density at radius 3 is 1.62 bits per heavy atom. The summed E-state index contributed by atoms with van der Waals surface area (Å²) in [5.74, 6) is -0.638. The Kier molecular flexibility index (Phi) is 7.25. The van der Waals surface area contributed by atoms with Crippen LogP contribution in [-0.2, 0) is 4.74 Å². The second-order valence-electron chi connectivity index (χ2n) is 8.36. The molecule has 1 fully saturated rings. The summed E-state index contributed by atoms with van der Waals surface area (Å²) in [6.45, 7) is 2.47. The molecule has 0 bridgehead atoms.